The Hall–Kier alpha value is -10.5. The molecule has 8 atom stereocenters. The van der Waals surface area contributed by atoms with Gasteiger partial charge in [0.15, 0.2) is 0 Å². The molecule has 10 rings (SSSR count). The molecular formula is C81H123N17O26P2S3. The Balaban J connectivity index is 0.000000733. The van der Waals surface area contributed by atoms with Gasteiger partial charge in [0.1, 0.15) is 30.8 Å². The fourth-order valence-electron chi connectivity index (χ4n) is 14.5. The molecule has 0 radical (unpaired) electrons. The fourth-order valence-corrected chi connectivity index (χ4v) is 19.5. The van der Waals surface area contributed by atoms with Crippen LogP contribution in [-0.4, -0.2) is 252 Å². The number of sulfonamides is 3. The summed E-state index contributed by atoms with van der Waals surface area (Å²) in [4.78, 5) is 165. The highest BCUT2D eigenvalue weighted by molar-refractivity contribution is 7.90. The summed E-state index contributed by atoms with van der Waals surface area (Å²) in [6, 6.07) is 31.7. The van der Waals surface area contributed by atoms with Crippen LogP contribution >= 0.6 is 15.6 Å². The summed E-state index contributed by atoms with van der Waals surface area (Å²) in [5.74, 6) is -5.84. The number of unbranched alkanes of at least 4 members (excludes halogenated alkanes) is 6. The lowest BCUT2D eigenvalue weighted by molar-refractivity contribution is -0.139. The van der Waals surface area contributed by atoms with E-state index in [1.165, 1.54) is 26.2 Å². The minimum atomic E-state index is -4.97. The first-order chi connectivity index (χ1) is 68.1. The summed E-state index contributed by atoms with van der Waals surface area (Å²) >= 11 is 0. The maximum atomic E-state index is 13.3. The van der Waals surface area contributed by atoms with E-state index in [4.69, 9.17) is 39.2 Å². The SMILES string of the molecule is [3H]OP(=O)(O)O[C@@H]1C[C@H](n2cc(C)c(=O)[nH]c2=O)O[C@@H]1CN(CCNC(=O)C(=O)NCCCCCNS(=O)(=O)c1cccc2c(N(C)C)cccc12)CCNC(=O)C(=O)NCCCCCNS(=O)(=O)c1cccc2c(N(C)C)cccc12.[3H]OP(=O)(O)O[C@@H]1C[C@H](n2cc(C)c(=O)[nH]c2=O)O[C@@H]1CNC(=O)C(=O)NCCCCCNS(=O)(=O)c1cccc2c(N(C)C)cccc12.[3H][3H].[3H][3H].[3H][3H].[3H][3H].[3H][3H].[3H][3H]. The number of carbonyl (C=O) groups is 6. The average molecular weight is 1940 g/mol. The van der Waals surface area contributed by atoms with Crippen LogP contribution in [0, 0.1) is 13.8 Å². The monoisotopic (exact) mass is 1940 g/mol. The standard InChI is InChI=1S/C52H72N11O15PS2.C29H39N6O11PS.6H2/c1-35-33-63(52(69)59-47(35)64)46-32-42(78-79(70,71)72)43(77-46)34-62(30-28-55-50(67)48(65)53-24-8-6-10-26-57-80(73,74)44-22-14-16-36-38(44)18-12-20-40(36)60(2)3)31-29-56-51(68)49(66)54-25-9-7-11-27-58-81(75,76)45-23-15-17-37-39(45)19-13-21-41(37)61(4)5;1-18-17-35(29(39)33-26(18)36)25-15-22(46-47(40,41)42)23(45-25)16-31-28(38)27(37)30-13-5-4-6-14-32-48(43,44)24-12-8-9-19-20(24)10-7-11-21(19)34(2)3;;;;;;/h12-23,33,42-43,46,57-58H,6-11,24-32,34H2,1-5H3,(H,53,65)(H,54,66)(H,55,67)(H,56,68)(H,59,64,69)(H2,70,71,72);7-12,17,22-23,25,32H,4-6,13-16H2,1-3H3,(H,30,37)(H,31,38)(H,33,36,39)(H2,40,41,42);6*1H/t42-,43-,46-;22-,23-,25-;;;;;;/m11....../s1/i;;6*1+2T/hT2. The van der Waals surface area contributed by atoms with Crippen molar-refractivity contribution in [2.45, 2.75) is 136 Å². The molecule has 2 aliphatic rings. The second kappa shape index (κ2) is 46.4. The molecule has 0 spiro atoms. The highest BCUT2D eigenvalue weighted by Crippen LogP contribution is 2.45. The van der Waals surface area contributed by atoms with Crippen molar-refractivity contribution in [3.8, 4) is 0 Å². The van der Waals surface area contributed by atoms with Crippen LogP contribution in [0.15, 0.2) is 155 Å². The number of hydrogen-bond donors (Lipinski definition) is 15. The predicted molar refractivity (Wildman–Crippen MR) is 492 cm³/mol. The molecule has 2 saturated heterocycles. The molecule has 43 nitrogen and oxygen atoms in total. The van der Waals surface area contributed by atoms with E-state index < -0.39 is 141 Å². The molecule has 716 valence electrons. The molecule has 0 aliphatic carbocycles. The summed E-state index contributed by atoms with van der Waals surface area (Å²) in [6.07, 6.45) is -0.755. The van der Waals surface area contributed by atoms with Crippen LogP contribution < -0.4 is 83.3 Å². The normalized spacial score (nSPS) is 17.9. The number of phosphoric ester groups is 2. The first-order valence-electron chi connectivity index (χ1n) is 48.1. The summed E-state index contributed by atoms with van der Waals surface area (Å²) in [7, 11) is -10.0. The highest BCUT2D eigenvalue weighted by atomic mass is 32.2. The fraction of sp³-hybridized carbons (Fsp3) is 0.457. The molecule has 129 heavy (non-hydrogen) atoms. The van der Waals surface area contributed by atoms with Crippen LogP contribution in [0.4, 0.5) is 17.1 Å². The van der Waals surface area contributed by atoms with Gasteiger partial charge in [0.2, 0.25) is 32.9 Å². The third-order valence-electron chi connectivity index (χ3n) is 20.9. The van der Waals surface area contributed by atoms with Gasteiger partial charge in [0.25, 0.3) is 11.1 Å². The Morgan fingerprint density at radius 2 is 0.744 bits per heavy atom. The van der Waals surface area contributed by atoms with Crippen molar-refractivity contribution in [1.82, 2.24) is 70.1 Å². The second-order valence-corrected chi connectivity index (χ2v) is 38.6. The number of anilines is 3. The number of ether oxygens (including phenoxy) is 2. The number of benzene rings is 6. The number of nitrogens with one attached hydrogen (secondary N) is 11. The molecule has 0 bridgehead atoms. The Bertz CT molecular complexity index is 6020. The molecule has 6 amide bonds. The minimum Gasteiger partial charge on any atom is -0.377 e. The first kappa shape index (κ1) is 90.4. The van der Waals surface area contributed by atoms with Crippen molar-refractivity contribution in [1.29, 1.82) is 2.86 Å². The lowest BCUT2D eigenvalue weighted by Gasteiger charge is -2.28. The van der Waals surface area contributed by atoms with Crippen LogP contribution in [0.2, 0.25) is 0 Å². The number of amides is 6. The summed E-state index contributed by atoms with van der Waals surface area (Å²) in [6.45, 7) is 2.75. The van der Waals surface area contributed by atoms with E-state index in [2.05, 4.69) is 65.8 Å². The zero-order chi connectivity index (χ0) is 108. The van der Waals surface area contributed by atoms with Crippen molar-refractivity contribution >= 4 is 131 Å². The summed E-state index contributed by atoms with van der Waals surface area (Å²) < 4.78 is 210. The van der Waals surface area contributed by atoms with E-state index in [1.807, 2.05) is 93.4 Å². The summed E-state index contributed by atoms with van der Waals surface area (Å²) in [5, 5.41) is 19.1. The number of aromatic nitrogens is 4. The van der Waals surface area contributed by atoms with Gasteiger partial charge in [0, 0.05) is 224 Å². The number of H-pyrrole nitrogens is 2. The smallest absolute Gasteiger partial charge is 0.377 e. The van der Waals surface area contributed by atoms with Crippen LogP contribution in [0.5, 0.6) is 0 Å². The minimum absolute atomic E-state index is 0.0389. The number of nitrogens with zero attached hydrogens (tertiary/aromatic N) is 6. The lowest BCUT2D eigenvalue weighted by Crippen LogP contribution is -2.48. The maximum absolute atomic E-state index is 13.3. The van der Waals surface area contributed by atoms with E-state index >= 15 is 0 Å². The zero-order valence-corrected chi connectivity index (χ0v) is 76.5. The summed E-state index contributed by atoms with van der Waals surface area (Å²) in [5.41, 5.74) is 0.0897. The molecule has 8 aromatic rings. The molecule has 15 N–H and O–H groups in total. The molecule has 6 aromatic carbocycles. The van der Waals surface area contributed by atoms with Gasteiger partial charge in [-0.1, -0.05) is 92.1 Å². The zero-order valence-electron chi connectivity index (χ0n) is 86.3. The molecular weight excluding hydrogens is 1790 g/mol. The second-order valence-electron chi connectivity index (χ2n) is 31.1. The predicted octanol–water partition coefficient (Wildman–Crippen LogP) is 2.80. The number of aromatic amines is 2. The third kappa shape index (κ3) is 29.3. The molecule has 2 aromatic heterocycles. The van der Waals surface area contributed by atoms with Crippen molar-refractivity contribution in [3.63, 3.8) is 0 Å². The Kier molecular flexibility index (Phi) is 32.5. The maximum Gasteiger partial charge on any atom is 0.469 e. The van der Waals surface area contributed by atoms with Gasteiger partial charge in [-0.05, 0) is 88.8 Å². The van der Waals surface area contributed by atoms with Crippen LogP contribution in [0.1, 0.15) is 112 Å². The molecule has 2 fully saturated rings. The quantitative estimate of drug-likeness (QED) is 0.0148. The third-order valence-corrected chi connectivity index (χ3v) is 26.6. The van der Waals surface area contributed by atoms with Gasteiger partial charge >= 0.3 is 62.5 Å². The first-order valence-corrected chi connectivity index (χ1v) is 48.7. The number of carbonyl (C=O) groups excluding carboxylic acids is 6. The Labute approximate surface area is 765 Å². The van der Waals surface area contributed by atoms with E-state index in [-0.39, 0.29) is 117 Å². The van der Waals surface area contributed by atoms with Crippen LogP contribution in [-0.2, 0) is 86.5 Å². The van der Waals surface area contributed by atoms with E-state index in [0.717, 1.165) is 42.4 Å². The van der Waals surface area contributed by atoms with E-state index in [0.29, 0.717) is 73.9 Å². The molecule has 48 heteroatoms. The van der Waals surface area contributed by atoms with Crippen LogP contribution in [0.25, 0.3) is 32.3 Å². The van der Waals surface area contributed by atoms with Crippen molar-refractivity contribution in [3.05, 3.63) is 174 Å². The number of phosphoric acid groups is 2. The largest absolute Gasteiger partial charge is 0.469 e. The topological polar surface area (TPSA) is 588 Å². The van der Waals surface area contributed by atoms with Gasteiger partial charge in [0.05, 0.1) is 20.8 Å². The van der Waals surface area contributed by atoms with Crippen molar-refractivity contribution in [2.75, 3.05) is 136 Å². The van der Waals surface area contributed by atoms with E-state index in [9.17, 15) is 92.1 Å². The molecule has 0 saturated carbocycles. The van der Waals surface area contributed by atoms with Crippen molar-refractivity contribution in [2.24, 2.45) is 0 Å². The number of rotatable bonds is 45. The van der Waals surface area contributed by atoms with Gasteiger partial charge < -0.3 is 75.7 Å². The highest BCUT2D eigenvalue weighted by Gasteiger charge is 2.44. The number of fused-ring (bicyclic) bond motifs is 3. The Morgan fingerprint density at radius 1 is 0.450 bits per heavy atom. The number of aryl methyl sites for hydroxylation is 2. The molecule has 2 aliphatic heterocycles. The number of hydrogen-bond acceptors (Lipinski definition) is 28. The van der Waals surface area contributed by atoms with Crippen molar-refractivity contribution < 1.29 is 119 Å². The van der Waals surface area contributed by atoms with Crippen LogP contribution in [0.3, 0.4) is 0 Å². The van der Waals surface area contributed by atoms with E-state index in [1.54, 1.807) is 77.7 Å². The molecule has 2 unspecified atom stereocenters. The van der Waals surface area contributed by atoms with Gasteiger partial charge in [-0.15, -0.1) is 0 Å². The average Bonchev–Trinajstić information content (AvgIpc) is 1.30. The Morgan fingerprint density at radius 3 is 1.08 bits per heavy atom. The molecule has 4 heterocycles. The van der Waals surface area contributed by atoms with Gasteiger partial charge in [-0.2, -0.15) is 0 Å². The van der Waals surface area contributed by atoms with Gasteiger partial charge in [-0.25, -0.2) is 58.1 Å². The van der Waals surface area contributed by atoms with Gasteiger partial charge in [-0.3, -0.25) is 71.4 Å². The lowest BCUT2D eigenvalue weighted by atomic mass is 10.1.